The van der Waals surface area contributed by atoms with E-state index in [0.29, 0.717) is 0 Å². The van der Waals surface area contributed by atoms with Crippen LogP contribution in [-0.4, -0.2) is 26.7 Å². The Morgan fingerprint density at radius 1 is 1.38 bits per heavy atom. The second-order valence-corrected chi connectivity index (χ2v) is 6.46. The summed E-state index contributed by atoms with van der Waals surface area (Å²) in [6.07, 6.45) is 6.89. The molecule has 118 valence electrons. The van der Waals surface area contributed by atoms with Crippen LogP contribution in [0.5, 0.6) is 0 Å². The fraction of sp³-hybridized carbons (Fsp3) is 0.692. The molecule has 0 amide bonds. The van der Waals surface area contributed by atoms with Crippen LogP contribution in [0.2, 0.25) is 0 Å². The largest absolute Gasteiger partial charge is 0.296 e. The molecule has 0 aromatic carbocycles. The molecule has 0 saturated carbocycles. The molecule has 0 radical (unpaired) electrons. The Labute approximate surface area is 126 Å². The van der Waals surface area contributed by atoms with E-state index in [-0.39, 0.29) is 11.5 Å². The van der Waals surface area contributed by atoms with Crippen molar-refractivity contribution in [2.24, 2.45) is 0 Å². The van der Waals surface area contributed by atoms with Gasteiger partial charge in [0, 0.05) is 23.7 Å². The normalized spacial score (nSPS) is 29.8. The molecule has 0 spiro atoms. The lowest BCUT2D eigenvalue weighted by atomic mass is 9.76. The first-order chi connectivity index (χ1) is 9.66. The summed E-state index contributed by atoms with van der Waals surface area (Å²) >= 11 is 0. The highest BCUT2D eigenvalue weighted by Gasteiger charge is 2.55. The molecule has 1 rings (SSSR count). The van der Waals surface area contributed by atoms with E-state index in [1.165, 1.54) is 19.1 Å². The van der Waals surface area contributed by atoms with Crippen LogP contribution in [0.25, 0.3) is 0 Å². The van der Waals surface area contributed by atoms with Gasteiger partial charge in [-0.05, 0) is 13.3 Å². The van der Waals surface area contributed by atoms with Crippen LogP contribution in [0.1, 0.15) is 40.0 Å². The molecule has 0 heterocycles. The van der Waals surface area contributed by atoms with E-state index in [4.69, 9.17) is 0 Å². The minimum atomic E-state index is -1.58. The minimum absolute atomic E-state index is 0.00410. The Morgan fingerprint density at radius 2 is 2.00 bits per heavy atom. The molecule has 0 bridgehead atoms. The average molecular weight is 315 g/mol. The van der Waals surface area contributed by atoms with Crippen molar-refractivity contribution >= 4 is 9.24 Å². The highest BCUT2D eigenvalue weighted by atomic mass is 31.0. The van der Waals surface area contributed by atoms with E-state index in [0.717, 1.165) is 25.3 Å². The highest BCUT2D eigenvalue weighted by molar-refractivity contribution is 7.17. The van der Waals surface area contributed by atoms with Crippen molar-refractivity contribution in [3.63, 3.8) is 0 Å². The van der Waals surface area contributed by atoms with Gasteiger partial charge in [0.25, 0.3) is 11.2 Å². The number of nitrogens with zero attached hydrogens (tertiary/aromatic N) is 2. The number of nitrogens with one attached hydrogen (secondary N) is 1. The monoisotopic (exact) mass is 315 g/mol. The molecule has 0 aromatic rings. The molecule has 1 N–H and O–H groups in total. The summed E-state index contributed by atoms with van der Waals surface area (Å²) in [5.41, 5.74) is -2.82. The minimum Gasteiger partial charge on any atom is -0.296 e. The number of hydrogen-bond donors (Lipinski definition) is 1. The average Bonchev–Trinajstić information content (AvgIpc) is 2.39. The van der Waals surface area contributed by atoms with Crippen molar-refractivity contribution in [3.05, 3.63) is 44.2 Å². The fourth-order valence-electron chi connectivity index (χ4n) is 2.34. The summed E-state index contributed by atoms with van der Waals surface area (Å²) in [6.45, 7) is 5.18. The van der Waals surface area contributed by atoms with Gasteiger partial charge in [0.1, 0.15) is 5.54 Å². The Morgan fingerprint density at radius 3 is 2.48 bits per heavy atom. The molecule has 0 fully saturated rings. The van der Waals surface area contributed by atoms with Gasteiger partial charge in [0.05, 0.1) is 11.0 Å². The van der Waals surface area contributed by atoms with Crippen molar-refractivity contribution < 1.29 is 9.85 Å². The Kier molecular flexibility index (Phi) is 5.59. The molecular formula is C13H22N3O4P. The van der Waals surface area contributed by atoms with Gasteiger partial charge in [-0.25, -0.2) is 0 Å². The Bertz CT molecular complexity index is 494. The van der Waals surface area contributed by atoms with Crippen LogP contribution in [0.4, 0.5) is 0 Å². The van der Waals surface area contributed by atoms with Crippen molar-refractivity contribution in [1.29, 1.82) is 0 Å². The lowest BCUT2D eigenvalue weighted by Gasteiger charge is -2.39. The molecule has 1 aliphatic rings. The number of hydrogen-bond acceptors (Lipinski definition) is 5. The first-order valence-electron chi connectivity index (χ1n) is 6.90. The van der Waals surface area contributed by atoms with Crippen molar-refractivity contribution in [2.45, 2.75) is 56.9 Å². The van der Waals surface area contributed by atoms with Gasteiger partial charge >= 0.3 is 0 Å². The standard InChI is InChI=1S/C13H22N3O4P/c1-4-5-6-11(21)14-12(2)8-7-10(15(17)18)9-13(12,3)16(19)20/h7-9,11,14H,4-6,21H2,1-3H3. The molecule has 4 unspecified atom stereocenters. The van der Waals surface area contributed by atoms with Gasteiger partial charge in [-0.15, -0.1) is 9.24 Å². The van der Waals surface area contributed by atoms with Gasteiger partial charge < -0.3 is 0 Å². The van der Waals surface area contributed by atoms with E-state index in [2.05, 4.69) is 21.5 Å². The molecule has 0 saturated heterocycles. The van der Waals surface area contributed by atoms with E-state index in [1.807, 2.05) is 0 Å². The predicted molar refractivity (Wildman–Crippen MR) is 84.2 cm³/mol. The third kappa shape index (κ3) is 3.66. The third-order valence-electron chi connectivity index (χ3n) is 4.01. The molecule has 0 aliphatic heterocycles. The molecule has 0 aromatic heterocycles. The van der Waals surface area contributed by atoms with Gasteiger partial charge in [-0.2, -0.15) is 0 Å². The number of rotatable bonds is 7. The summed E-state index contributed by atoms with van der Waals surface area (Å²) in [6, 6.07) is 0. The van der Waals surface area contributed by atoms with Gasteiger partial charge in [0.2, 0.25) is 0 Å². The molecular weight excluding hydrogens is 293 g/mol. The molecule has 1 aliphatic carbocycles. The molecule has 7 nitrogen and oxygen atoms in total. The first kappa shape index (κ1) is 17.7. The van der Waals surface area contributed by atoms with E-state index in [1.54, 1.807) is 6.92 Å². The van der Waals surface area contributed by atoms with E-state index in [9.17, 15) is 20.2 Å². The second kappa shape index (κ2) is 6.62. The second-order valence-electron chi connectivity index (χ2n) is 5.66. The topological polar surface area (TPSA) is 98.3 Å². The van der Waals surface area contributed by atoms with Crippen LogP contribution < -0.4 is 5.32 Å². The van der Waals surface area contributed by atoms with E-state index < -0.39 is 20.9 Å². The molecule has 4 atom stereocenters. The van der Waals surface area contributed by atoms with Crippen LogP contribution >= 0.6 is 9.24 Å². The van der Waals surface area contributed by atoms with Crippen LogP contribution in [-0.2, 0) is 0 Å². The fourth-order valence-corrected chi connectivity index (χ4v) is 2.92. The third-order valence-corrected chi connectivity index (χ3v) is 4.51. The maximum Gasteiger partial charge on any atom is 0.272 e. The summed E-state index contributed by atoms with van der Waals surface area (Å²) in [5.74, 6) is 0.00410. The molecule has 21 heavy (non-hydrogen) atoms. The number of allylic oxidation sites excluding steroid dienone is 1. The number of nitro groups is 2. The van der Waals surface area contributed by atoms with E-state index >= 15 is 0 Å². The predicted octanol–water partition coefficient (Wildman–Crippen LogP) is 2.49. The van der Waals surface area contributed by atoms with Crippen LogP contribution in [0.3, 0.4) is 0 Å². The van der Waals surface area contributed by atoms with Crippen molar-refractivity contribution in [1.82, 2.24) is 5.32 Å². The quantitative estimate of drug-likeness (QED) is 0.442. The van der Waals surface area contributed by atoms with Crippen LogP contribution in [0.15, 0.2) is 23.9 Å². The highest BCUT2D eigenvalue weighted by Crippen LogP contribution is 2.35. The molecule has 8 heteroatoms. The maximum atomic E-state index is 11.5. The summed E-state index contributed by atoms with van der Waals surface area (Å²) in [5, 5.41) is 25.6. The first-order valence-corrected chi connectivity index (χ1v) is 7.57. The summed E-state index contributed by atoms with van der Waals surface area (Å²) in [4.78, 5) is 21.3. The van der Waals surface area contributed by atoms with Crippen molar-refractivity contribution in [2.75, 3.05) is 0 Å². The smallest absolute Gasteiger partial charge is 0.272 e. The lowest BCUT2D eigenvalue weighted by molar-refractivity contribution is -0.563. The zero-order chi connectivity index (χ0) is 16.3. The van der Waals surface area contributed by atoms with Crippen molar-refractivity contribution in [3.8, 4) is 0 Å². The van der Waals surface area contributed by atoms with Gasteiger partial charge in [0.15, 0.2) is 0 Å². The van der Waals surface area contributed by atoms with Crippen LogP contribution in [0, 0.1) is 20.2 Å². The zero-order valence-corrected chi connectivity index (χ0v) is 13.7. The zero-order valence-electron chi connectivity index (χ0n) is 12.5. The maximum absolute atomic E-state index is 11.5. The number of unbranched alkanes of at least 4 members (excludes halogenated alkanes) is 1. The Balaban J connectivity index is 3.08. The van der Waals surface area contributed by atoms with Gasteiger partial charge in [-0.1, -0.05) is 25.8 Å². The summed E-state index contributed by atoms with van der Waals surface area (Å²) < 4.78 is 0. The lowest BCUT2D eigenvalue weighted by Crippen LogP contribution is -2.63. The van der Waals surface area contributed by atoms with Gasteiger partial charge in [-0.3, -0.25) is 25.5 Å². The summed E-state index contributed by atoms with van der Waals surface area (Å²) in [7, 11) is 2.64. The Hall–Kier alpha value is -1.33. The SMILES string of the molecule is CCCCC(P)NC1(C)C=CC([N+](=O)[O-])=CC1(C)[N+](=O)[O-].